The molecule has 0 aliphatic rings. The Balaban J connectivity index is 2.94. The molecule has 0 aliphatic carbocycles. The van der Waals surface area contributed by atoms with Gasteiger partial charge in [-0.15, -0.1) is 0 Å². The van der Waals surface area contributed by atoms with E-state index in [2.05, 4.69) is 11.4 Å². The van der Waals surface area contributed by atoms with E-state index < -0.39 is 0 Å². The Bertz CT molecular complexity index is 342. The molecule has 1 aromatic rings. The van der Waals surface area contributed by atoms with Crippen LogP contribution in [0.3, 0.4) is 0 Å². The lowest BCUT2D eigenvalue weighted by Gasteiger charge is -2.08. The van der Waals surface area contributed by atoms with E-state index in [0.717, 1.165) is 18.0 Å². The highest BCUT2D eigenvalue weighted by Gasteiger charge is 2.02. The minimum Gasteiger partial charge on any atom is -0.494 e. The monoisotopic (exact) mass is 190 g/mol. The summed E-state index contributed by atoms with van der Waals surface area (Å²) < 4.78 is 5.30. The fourth-order valence-electron chi connectivity index (χ4n) is 1.22. The molecule has 0 aromatic heterocycles. The quantitative estimate of drug-likeness (QED) is 0.792. The van der Waals surface area contributed by atoms with Gasteiger partial charge in [0.2, 0.25) is 0 Å². The Morgan fingerprint density at radius 3 is 2.79 bits per heavy atom. The van der Waals surface area contributed by atoms with Gasteiger partial charge in [0.15, 0.2) is 0 Å². The van der Waals surface area contributed by atoms with Gasteiger partial charge in [-0.3, -0.25) is 0 Å². The number of nitrogens with zero attached hydrogens (tertiary/aromatic N) is 1. The van der Waals surface area contributed by atoms with Crippen molar-refractivity contribution < 1.29 is 4.74 Å². The Hall–Kier alpha value is -1.69. The number of rotatable bonds is 4. The summed E-state index contributed by atoms with van der Waals surface area (Å²) in [6, 6.07) is 7.62. The summed E-state index contributed by atoms with van der Waals surface area (Å²) in [5.41, 5.74) is 1.48. The smallest absolute Gasteiger partial charge is 0.120 e. The highest BCUT2D eigenvalue weighted by atomic mass is 16.5. The first kappa shape index (κ1) is 10.4. The molecule has 0 atom stereocenters. The lowest BCUT2D eigenvalue weighted by molar-refractivity contribution is 0.340. The van der Waals surface area contributed by atoms with E-state index in [9.17, 15) is 0 Å². The van der Waals surface area contributed by atoms with Crippen LogP contribution in [0, 0.1) is 11.3 Å². The Labute approximate surface area is 84.3 Å². The van der Waals surface area contributed by atoms with Gasteiger partial charge in [0.25, 0.3) is 0 Å². The molecule has 74 valence electrons. The van der Waals surface area contributed by atoms with Crippen LogP contribution < -0.4 is 10.1 Å². The second kappa shape index (κ2) is 5.13. The molecule has 0 bridgehead atoms. The van der Waals surface area contributed by atoms with Crippen LogP contribution in [0.2, 0.25) is 0 Å². The predicted octanol–water partition coefficient (Wildman–Crippen LogP) is 2.39. The molecular formula is C11H14N2O. The van der Waals surface area contributed by atoms with Gasteiger partial charge in [0, 0.05) is 6.54 Å². The number of nitrogens with one attached hydrogen (secondary N) is 1. The van der Waals surface area contributed by atoms with Gasteiger partial charge in [0.1, 0.15) is 11.8 Å². The maximum Gasteiger partial charge on any atom is 0.120 e. The van der Waals surface area contributed by atoms with Gasteiger partial charge in [-0.1, -0.05) is 0 Å². The van der Waals surface area contributed by atoms with Gasteiger partial charge in [-0.25, -0.2) is 0 Å². The predicted molar refractivity (Wildman–Crippen MR) is 56.5 cm³/mol. The van der Waals surface area contributed by atoms with Crippen LogP contribution >= 0.6 is 0 Å². The SMILES string of the molecule is CCNc1ccc(OCC)cc1C#N. The van der Waals surface area contributed by atoms with Gasteiger partial charge >= 0.3 is 0 Å². The minimum atomic E-state index is 0.616. The number of benzene rings is 1. The average molecular weight is 190 g/mol. The molecule has 0 amide bonds. The molecule has 1 N–H and O–H groups in total. The van der Waals surface area contributed by atoms with Crippen molar-refractivity contribution in [2.45, 2.75) is 13.8 Å². The number of nitriles is 1. The molecule has 0 spiro atoms. The van der Waals surface area contributed by atoms with Crippen LogP contribution in [0.5, 0.6) is 5.75 Å². The second-order valence-electron chi connectivity index (χ2n) is 2.78. The lowest BCUT2D eigenvalue weighted by atomic mass is 10.2. The second-order valence-corrected chi connectivity index (χ2v) is 2.78. The third-order valence-corrected chi connectivity index (χ3v) is 1.79. The van der Waals surface area contributed by atoms with Crippen LogP contribution in [0.4, 0.5) is 5.69 Å². The molecule has 0 radical (unpaired) electrons. The summed E-state index contributed by atoms with van der Waals surface area (Å²) in [6.07, 6.45) is 0. The molecule has 3 nitrogen and oxygen atoms in total. The van der Waals surface area contributed by atoms with Crippen LogP contribution in [0.15, 0.2) is 18.2 Å². The standard InChI is InChI=1S/C11H14N2O/c1-3-13-11-6-5-10(14-4-2)7-9(11)8-12/h5-7,13H,3-4H2,1-2H3. The maximum absolute atomic E-state index is 8.89. The summed E-state index contributed by atoms with van der Waals surface area (Å²) in [5.74, 6) is 0.741. The zero-order chi connectivity index (χ0) is 10.4. The van der Waals surface area contributed by atoms with Crippen molar-refractivity contribution >= 4 is 5.69 Å². The highest BCUT2D eigenvalue weighted by molar-refractivity contribution is 5.59. The molecule has 0 fully saturated rings. The molecule has 1 rings (SSSR count). The molecule has 0 aliphatic heterocycles. The number of hydrogen-bond acceptors (Lipinski definition) is 3. The van der Waals surface area contributed by atoms with Crippen molar-refractivity contribution in [1.29, 1.82) is 5.26 Å². The molecule has 3 heteroatoms. The third kappa shape index (κ3) is 2.40. The first-order chi connectivity index (χ1) is 6.81. The van der Waals surface area contributed by atoms with Gasteiger partial charge < -0.3 is 10.1 Å². The van der Waals surface area contributed by atoms with Crippen molar-refractivity contribution in [1.82, 2.24) is 0 Å². The van der Waals surface area contributed by atoms with Crippen molar-refractivity contribution in [3.8, 4) is 11.8 Å². The lowest BCUT2D eigenvalue weighted by Crippen LogP contribution is -2.00. The fraction of sp³-hybridized carbons (Fsp3) is 0.364. The average Bonchev–Trinajstić information content (AvgIpc) is 2.21. The zero-order valence-electron chi connectivity index (χ0n) is 8.50. The molecule has 0 saturated heterocycles. The number of ether oxygens (including phenoxy) is 1. The third-order valence-electron chi connectivity index (χ3n) is 1.79. The van der Waals surface area contributed by atoms with Crippen molar-refractivity contribution in [3.63, 3.8) is 0 Å². The summed E-state index contributed by atoms with van der Waals surface area (Å²) in [7, 11) is 0. The fourth-order valence-corrected chi connectivity index (χ4v) is 1.22. The molecule has 0 saturated carbocycles. The maximum atomic E-state index is 8.89. The van der Waals surface area contributed by atoms with E-state index in [0.29, 0.717) is 12.2 Å². The van der Waals surface area contributed by atoms with Crippen LogP contribution in [0.25, 0.3) is 0 Å². The van der Waals surface area contributed by atoms with E-state index in [1.165, 1.54) is 0 Å². The summed E-state index contributed by atoms with van der Waals surface area (Å²) in [5, 5.41) is 12.0. The molecular weight excluding hydrogens is 176 g/mol. The van der Waals surface area contributed by atoms with E-state index >= 15 is 0 Å². The van der Waals surface area contributed by atoms with E-state index in [1.807, 2.05) is 26.0 Å². The molecule has 1 aromatic carbocycles. The van der Waals surface area contributed by atoms with Crippen molar-refractivity contribution in [2.75, 3.05) is 18.5 Å². The van der Waals surface area contributed by atoms with Gasteiger partial charge in [-0.2, -0.15) is 5.26 Å². The summed E-state index contributed by atoms with van der Waals surface area (Å²) in [6.45, 7) is 5.34. The van der Waals surface area contributed by atoms with Gasteiger partial charge in [0.05, 0.1) is 17.9 Å². The Morgan fingerprint density at radius 2 is 2.21 bits per heavy atom. The molecule has 0 unspecified atom stereocenters. The van der Waals surface area contributed by atoms with E-state index in [4.69, 9.17) is 10.00 Å². The van der Waals surface area contributed by atoms with Crippen molar-refractivity contribution in [2.24, 2.45) is 0 Å². The molecule has 14 heavy (non-hydrogen) atoms. The topological polar surface area (TPSA) is 45.0 Å². The van der Waals surface area contributed by atoms with Crippen LogP contribution in [0.1, 0.15) is 19.4 Å². The minimum absolute atomic E-state index is 0.616. The van der Waals surface area contributed by atoms with Crippen LogP contribution in [-0.2, 0) is 0 Å². The number of anilines is 1. The van der Waals surface area contributed by atoms with E-state index in [1.54, 1.807) is 6.07 Å². The summed E-state index contributed by atoms with van der Waals surface area (Å²) in [4.78, 5) is 0. The Kier molecular flexibility index (Phi) is 3.81. The number of hydrogen-bond donors (Lipinski definition) is 1. The first-order valence-electron chi connectivity index (χ1n) is 4.72. The molecule has 0 heterocycles. The van der Waals surface area contributed by atoms with Crippen LogP contribution in [-0.4, -0.2) is 13.2 Å². The first-order valence-corrected chi connectivity index (χ1v) is 4.72. The van der Waals surface area contributed by atoms with Gasteiger partial charge in [-0.05, 0) is 32.0 Å². The van der Waals surface area contributed by atoms with Crippen molar-refractivity contribution in [3.05, 3.63) is 23.8 Å². The normalized spacial score (nSPS) is 9.21. The highest BCUT2D eigenvalue weighted by Crippen LogP contribution is 2.21. The van der Waals surface area contributed by atoms with E-state index in [-0.39, 0.29) is 0 Å². The Morgan fingerprint density at radius 1 is 1.43 bits per heavy atom. The summed E-state index contributed by atoms with van der Waals surface area (Å²) >= 11 is 0. The zero-order valence-corrected chi connectivity index (χ0v) is 8.50. The largest absolute Gasteiger partial charge is 0.494 e.